The van der Waals surface area contributed by atoms with Gasteiger partial charge in [-0.15, -0.1) is 0 Å². The molecule has 2 N–H and O–H groups in total. The number of nitrogens with zero attached hydrogens (tertiary/aromatic N) is 1. The molecule has 18 heavy (non-hydrogen) atoms. The van der Waals surface area contributed by atoms with Crippen LogP contribution in [0.3, 0.4) is 0 Å². The Balaban J connectivity index is 2.03. The third-order valence-corrected chi connectivity index (χ3v) is 3.05. The Morgan fingerprint density at radius 3 is 2.61 bits per heavy atom. The monoisotopic (exact) mass is 264 g/mol. The second-order valence-corrected chi connectivity index (χ2v) is 4.64. The van der Waals surface area contributed by atoms with Gasteiger partial charge in [0.05, 0.1) is 5.02 Å². The predicted octanol–water partition coefficient (Wildman–Crippen LogP) is 2.99. The fourth-order valence-corrected chi connectivity index (χ4v) is 2.08. The van der Waals surface area contributed by atoms with E-state index < -0.39 is 0 Å². The number of hydrogen-bond acceptors (Lipinski definition) is 2. The van der Waals surface area contributed by atoms with Crippen molar-refractivity contribution in [2.24, 2.45) is 5.73 Å². The standard InChI is InChI=1S/C14H14ClFN2/c15-13-3-1-2-11(14(13)16)9-12(17)8-10-4-6-18-7-5-10/h1-7,12H,8-9,17H2. The van der Waals surface area contributed by atoms with E-state index in [1.807, 2.05) is 12.1 Å². The van der Waals surface area contributed by atoms with E-state index in [9.17, 15) is 4.39 Å². The summed E-state index contributed by atoms with van der Waals surface area (Å²) in [5, 5.41) is 0.142. The maximum atomic E-state index is 13.7. The minimum Gasteiger partial charge on any atom is -0.327 e. The molecule has 0 aliphatic rings. The third kappa shape index (κ3) is 3.28. The molecule has 0 saturated heterocycles. The van der Waals surface area contributed by atoms with E-state index in [0.29, 0.717) is 18.4 Å². The molecule has 2 nitrogen and oxygen atoms in total. The second kappa shape index (κ2) is 5.94. The summed E-state index contributed by atoms with van der Waals surface area (Å²) in [7, 11) is 0. The van der Waals surface area contributed by atoms with Gasteiger partial charge in [-0.25, -0.2) is 4.39 Å². The van der Waals surface area contributed by atoms with Gasteiger partial charge in [0.15, 0.2) is 0 Å². The quantitative estimate of drug-likeness (QED) is 0.922. The third-order valence-electron chi connectivity index (χ3n) is 2.76. The van der Waals surface area contributed by atoms with Crippen LogP contribution in [0.2, 0.25) is 5.02 Å². The van der Waals surface area contributed by atoms with E-state index in [2.05, 4.69) is 4.98 Å². The molecular weight excluding hydrogens is 251 g/mol. The van der Waals surface area contributed by atoms with E-state index >= 15 is 0 Å². The number of benzene rings is 1. The first-order valence-electron chi connectivity index (χ1n) is 5.74. The molecule has 0 amide bonds. The van der Waals surface area contributed by atoms with E-state index in [4.69, 9.17) is 17.3 Å². The van der Waals surface area contributed by atoms with Gasteiger partial charge in [0.2, 0.25) is 0 Å². The molecule has 4 heteroatoms. The first-order valence-corrected chi connectivity index (χ1v) is 6.12. The summed E-state index contributed by atoms with van der Waals surface area (Å²) in [6.45, 7) is 0. The Labute approximate surface area is 111 Å². The normalized spacial score (nSPS) is 12.4. The summed E-state index contributed by atoms with van der Waals surface area (Å²) in [6.07, 6.45) is 4.60. The summed E-state index contributed by atoms with van der Waals surface area (Å²) in [4.78, 5) is 3.94. The van der Waals surface area contributed by atoms with Crippen molar-refractivity contribution in [2.45, 2.75) is 18.9 Å². The van der Waals surface area contributed by atoms with Gasteiger partial charge in [0, 0.05) is 18.4 Å². The molecule has 1 aromatic carbocycles. The van der Waals surface area contributed by atoms with Gasteiger partial charge in [-0.05, 0) is 42.2 Å². The zero-order chi connectivity index (χ0) is 13.0. The van der Waals surface area contributed by atoms with Crippen molar-refractivity contribution in [3.05, 3.63) is 64.7 Å². The van der Waals surface area contributed by atoms with Gasteiger partial charge in [-0.3, -0.25) is 4.98 Å². The van der Waals surface area contributed by atoms with Gasteiger partial charge in [-0.1, -0.05) is 23.7 Å². The van der Waals surface area contributed by atoms with Crippen molar-refractivity contribution in [3.63, 3.8) is 0 Å². The summed E-state index contributed by atoms with van der Waals surface area (Å²) < 4.78 is 13.7. The molecule has 1 unspecified atom stereocenters. The Kier molecular flexibility index (Phi) is 4.28. The summed E-state index contributed by atoms with van der Waals surface area (Å²) in [5.41, 5.74) is 7.68. The summed E-state index contributed by atoms with van der Waals surface area (Å²) >= 11 is 5.73. The van der Waals surface area contributed by atoms with Crippen LogP contribution in [0.1, 0.15) is 11.1 Å². The van der Waals surface area contributed by atoms with Crippen molar-refractivity contribution < 1.29 is 4.39 Å². The first kappa shape index (κ1) is 13.0. The van der Waals surface area contributed by atoms with Crippen molar-refractivity contribution in [1.29, 1.82) is 0 Å². The Hall–Kier alpha value is -1.45. The maximum Gasteiger partial charge on any atom is 0.145 e. The van der Waals surface area contributed by atoms with Gasteiger partial charge in [0.1, 0.15) is 5.82 Å². The highest BCUT2D eigenvalue weighted by atomic mass is 35.5. The zero-order valence-corrected chi connectivity index (χ0v) is 10.6. The fourth-order valence-electron chi connectivity index (χ4n) is 1.88. The van der Waals surface area contributed by atoms with Gasteiger partial charge >= 0.3 is 0 Å². The lowest BCUT2D eigenvalue weighted by Gasteiger charge is -2.12. The van der Waals surface area contributed by atoms with E-state index in [1.165, 1.54) is 6.07 Å². The molecule has 1 atom stereocenters. The molecule has 0 aliphatic heterocycles. The molecule has 1 heterocycles. The highest BCUT2D eigenvalue weighted by molar-refractivity contribution is 6.30. The molecule has 94 valence electrons. The lowest BCUT2D eigenvalue weighted by Crippen LogP contribution is -2.26. The number of pyridine rings is 1. The van der Waals surface area contributed by atoms with Crippen LogP contribution in [-0.2, 0) is 12.8 Å². The van der Waals surface area contributed by atoms with Gasteiger partial charge in [-0.2, -0.15) is 0 Å². The van der Waals surface area contributed by atoms with Crippen LogP contribution in [0.15, 0.2) is 42.7 Å². The average Bonchev–Trinajstić information content (AvgIpc) is 2.36. The smallest absolute Gasteiger partial charge is 0.145 e. The molecule has 2 aromatic rings. The molecule has 0 fully saturated rings. The molecule has 0 bridgehead atoms. The minimum absolute atomic E-state index is 0.139. The molecule has 0 aliphatic carbocycles. The molecule has 2 rings (SSSR count). The minimum atomic E-state index is -0.371. The second-order valence-electron chi connectivity index (χ2n) is 4.24. The predicted molar refractivity (Wildman–Crippen MR) is 71.0 cm³/mol. The SMILES string of the molecule is NC(Cc1ccncc1)Cc1cccc(Cl)c1F. The van der Waals surface area contributed by atoms with E-state index in [1.54, 1.807) is 24.5 Å². The number of hydrogen-bond donors (Lipinski definition) is 1. The Morgan fingerprint density at radius 2 is 1.89 bits per heavy atom. The number of rotatable bonds is 4. The maximum absolute atomic E-state index is 13.7. The summed E-state index contributed by atoms with van der Waals surface area (Å²) in [6, 6.07) is 8.67. The largest absolute Gasteiger partial charge is 0.327 e. The molecule has 0 saturated carbocycles. The van der Waals surface area contributed by atoms with Crippen LogP contribution >= 0.6 is 11.6 Å². The number of aromatic nitrogens is 1. The van der Waals surface area contributed by atoms with E-state index in [-0.39, 0.29) is 16.9 Å². The molecule has 1 aromatic heterocycles. The zero-order valence-electron chi connectivity index (χ0n) is 9.81. The van der Waals surface area contributed by atoms with Crippen molar-refractivity contribution in [1.82, 2.24) is 4.98 Å². The highest BCUT2D eigenvalue weighted by Crippen LogP contribution is 2.19. The number of nitrogens with two attached hydrogens (primary N) is 1. The van der Waals surface area contributed by atoms with E-state index in [0.717, 1.165) is 5.56 Å². The lowest BCUT2D eigenvalue weighted by molar-refractivity contribution is 0.584. The van der Waals surface area contributed by atoms with Crippen LogP contribution in [-0.4, -0.2) is 11.0 Å². The molecular formula is C14H14ClFN2. The fraction of sp³-hybridized carbons (Fsp3) is 0.214. The van der Waals surface area contributed by atoms with Crippen molar-refractivity contribution in [2.75, 3.05) is 0 Å². The van der Waals surface area contributed by atoms with Crippen molar-refractivity contribution in [3.8, 4) is 0 Å². The van der Waals surface area contributed by atoms with Gasteiger partial charge in [0.25, 0.3) is 0 Å². The van der Waals surface area contributed by atoms with Crippen LogP contribution in [0, 0.1) is 5.82 Å². The van der Waals surface area contributed by atoms with Gasteiger partial charge < -0.3 is 5.73 Å². The van der Waals surface area contributed by atoms with Crippen LogP contribution in [0.4, 0.5) is 4.39 Å². The summed E-state index contributed by atoms with van der Waals surface area (Å²) in [5.74, 6) is -0.371. The molecule has 0 spiro atoms. The van der Waals surface area contributed by atoms with Crippen LogP contribution < -0.4 is 5.73 Å². The van der Waals surface area contributed by atoms with Crippen molar-refractivity contribution >= 4 is 11.6 Å². The highest BCUT2D eigenvalue weighted by Gasteiger charge is 2.11. The first-order chi connectivity index (χ1) is 8.66. The average molecular weight is 265 g/mol. The Bertz CT molecular complexity index is 516. The molecule has 0 radical (unpaired) electrons. The lowest BCUT2D eigenvalue weighted by atomic mass is 10.00. The van der Waals surface area contributed by atoms with Crippen LogP contribution in [0.25, 0.3) is 0 Å². The Morgan fingerprint density at radius 1 is 1.17 bits per heavy atom. The number of halogens is 2. The topological polar surface area (TPSA) is 38.9 Å². The van der Waals surface area contributed by atoms with Crippen LogP contribution in [0.5, 0.6) is 0 Å².